The van der Waals surface area contributed by atoms with Crippen molar-refractivity contribution in [1.82, 2.24) is 25.1 Å². The Labute approximate surface area is 147 Å². The SMILES string of the molecule is Cc1nc2ccc(C(=O)N(C)CCc3c(C)n[nH]c3C)cc2nc1C. The molecule has 0 radical (unpaired) electrons. The molecule has 0 unspecified atom stereocenters. The first-order valence-corrected chi connectivity index (χ1v) is 8.37. The summed E-state index contributed by atoms with van der Waals surface area (Å²) < 4.78 is 0. The molecule has 0 atom stereocenters. The van der Waals surface area contributed by atoms with Gasteiger partial charge in [-0.1, -0.05) is 0 Å². The van der Waals surface area contributed by atoms with Crippen LogP contribution >= 0.6 is 0 Å². The van der Waals surface area contributed by atoms with E-state index in [1.54, 1.807) is 4.90 Å². The second kappa shape index (κ2) is 6.63. The van der Waals surface area contributed by atoms with Crippen molar-refractivity contribution < 1.29 is 4.79 Å². The minimum atomic E-state index is -0.0132. The van der Waals surface area contributed by atoms with E-state index in [0.29, 0.717) is 12.1 Å². The largest absolute Gasteiger partial charge is 0.341 e. The molecule has 0 aliphatic rings. The maximum Gasteiger partial charge on any atom is 0.253 e. The number of nitrogens with one attached hydrogen (secondary N) is 1. The van der Waals surface area contributed by atoms with Crippen LogP contribution in [0.5, 0.6) is 0 Å². The average molecular weight is 337 g/mol. The molecule has 1 N–H and O–H groups in total. The van der Waals surface area contributed by atoms with Gasteiger partial charge in [-0.25, -0.2) is 9.97 Å². The fraction of sp³-hybridized carbons (Fsp3) is 0.368. The van der Waals surface area contributed by atoms with E-state index in [0.717, 1.165) is 40.2 Å². The van der Waals surface area contributed by atoms with Crippen LogP contribution in [0.1, 0.15) is 38.7 Å². The van der Waals surface area contributed by atoms with Crippen molar-refractivity contribution in [2.75, 3.05) is 13.6 Å². The lowest BCUT2D eigenvalue weighted by atomic mass is 10.1. The summed E-state index contributed by atoms with van der Waals surface area (Å²) in [5, 5.41) is 7.19. The molecule has 130 valence electrons. The highest BCUT2D eigenvalue weighted by atomic mass is 16.2. The van der Waals surface area contributed by atoms with Crippen LogP contribution in [0, 0.1) is 27.7 Å². The van der Waals surface area contributed by atoms with Crippen LogP contribution in [0.15, 0.2) is 18.2 Å². The molecule has 2 aromatic heterocycles. The van der Waals surface area contributed by atoms with Crippen LogP contribution in [-0.4, -0.2) is 44.6 Å². The maximum atomic E-state index is 12.7. The number of carbonyl (C=O) groups excluding carboxylic acids is 1. The van der Waals surface area contributed by atoms with Crippen molar-refractivity contribution in [3.05, 3.63) is 52.1 Å². The number of fused-ring (bicyclic) bond motifs is 1. The van der Waals surface area contributed by atoms with Crippen molar-refractivity contribution in [1.29, 1.82) is 0 Å². The first-order valence-electron chi connectivity index (χ1n) is 8.37. The Balaban J connectivity index is 1.77. The molecule has 3 rings (SSSR count). The third-order valence-electron chi connectivity index (χ3n) is 4.65. The number of aromatic amines is 1. The lowest BCUT2D eigenvalue weighted by molar-refractivity contribution is 0.0796. The predicted octanol–water partition coefficient (Wildman–Crippen LogP) is 2.90. The summed E-state index contributed by atoms with van der Waals surface area (Å²) in [6.45, 7) is 8.49. The summed E-state index contributed by atoms with van der Waals surface area (Å²) in [6, 6.07) is 5.50. The van der Waals surface area contributed by atoms with E-state index in [2.05, 4.69) is 20.2 Å². The molecule has 3 aromatic rings. The number of amides is 1. The number of nitrogens with zero attached hydrogens (tertiary/aromatic N) is 4. The number of hydrogen-bond acceptors (Lipinski definition) is 4. The van der Waals surface area contributed by atoms with Crippen molar-refractivity contribution in [2.45, 2.75) is 34.1 Å². The number of aryl methyl sites for hydroxylation is 4. The average Bonchev–Trinajstić information content (AvgIpc) is 2.91. The molecule has 6 nitrogen and oxygen atoms in total. The van der Waals surface area contributed by atoms with Crippen LogP contribution in [0.25, 0.3) is 11.0 Å². The van der Waals surface area contributed by atoms with Gasteiger partial charge in [0.2, 0.25) is 0 Å². The number of benzene rings is 1. The highest BCUT2D eigenvalue weighted by Crippen LogP contribution is 2.16. The van der Waals surface area contributed by atoms with Crippen molar-refractivity contribution in [2.24, 2.45) is 0 Å². The van der Waals surface area contributed by atoms with Gasteiger partial charge in [-0.15, -0.1) is 0 Å². The monoisotopic (exact) mass is 337 g/mol. The number of likely N-dealkylation sites (N-methyl/N-ethyl adjacent to an activating group) is 1. The van der Waals surface area contributed by atoms with E-state index in [1.807, 2.05) is 52.9 Å². The van der Waals surface area contributed by atoms with Crippen LogP contribution in [0.4, 0.5) is 0 Å². The molecule has 25 heavy (non-hydrogen) atoms. The molecule has 0 bridgehead atoms. The molecular formula is C19H23N5O. The van der Waals surface area contributed by atoms with Crippen LogP contribution in [-0.2, 0) is 6.42 Å². The minimum Gasteiger partial charge on any atom is -0.341 e. The van der Waals surface area contributed by atoms with Gasteiger partial charge in [-0.3, -0.25) is 9.89 Å². The number of carbonyl (C=O) groups is 1. The fourth-order valence-electron chi connectivity index (χ4n) is 2.91. The van der Waals surface area contributed by atoms with Gasteiger partial charge in [-0.2, -0.15) is 5.10 Å². The first-order chi connectivity index (χ1) is 11.9. The summed E-state index contributed by atoms with van der Waals surface area (Å²) >= 11 is 0. The van der Waals surface area contributed by atoms with E-state index in [9.17, 15) is 4.79 Å². The molecule has 1 amide bonds. The smallest absolute Gasteiger partial charge is 0.253 e. The van der Waals surface area contributed by atoms with Gasteiger partial charge in [0.1, 0.15) is 0 Å². The molecule has 0 aliphatic carbocycles. The van der Waals surface area contributed by atoms with E-state index in [-0.39, 0.29) is 5.91 Å². The van der Waals surface area contributed by atoms with Gasteiger partial charge in [0.25, 0.3) is 5.91 Å². The molecule has 0 spiro atoms. The van der Waals surface area contributed by atoms with Gasteiger partial charge in [-0.05, 0) is 57.9 Å². The summed E-state index contributed by atoms with van der Waals surface area (Å²) in [4.78, 5) is 23.5. The highest BCUT2D eigenvalue weighted by Gasteiger charge is 2.15. The zero-order chi connectivity index (χ0) is 18.1. The third kappa shape index (κ3) is 3.38. The van der Waals surface area contributed by atoms with Crippen LogP contribution in [0.3, 0.4) is 0 Å². The first kappa shape index (κ1) is 17.1. The predicted molar refractivity (Wildman–Crippen MR) is 97.7 cm³/mol. The van der Waals surface area contributed by atoms with Gasteiger partial charge >= 0.3 is 0 Å². The summed E-state index contributed by atoms with van der Waals surface area (Å²) in [5.74, 6) is -0.0132. The lowest BCUT2D eigenvalue weighted by Crippen LogP contribution is -2.29. The number of hydrogen-bond donors (Lipinski definition) is 1. The standard InChI is InChI=1S/C19H23N5O/c1-11-12(2)21-18-10-15(6-7-17(18)20-11)19(25)24(5)9-8-16-13(3)22-23-14(16)4/h6-7,10H,8-9H2,1-5H3,(H,22,23). The molecule has 6 heteroatoms. The second-order valence-corrected chi connectivity index (χ2v) is 6.49. The number of rotatable bonds is 4. The molecule has 0 fully saturated rings. The Morgan fingerprint density at radius 1 is 1.04 bits per heavy atom. The Morgan fingerprint density at radius 2 is 1.72 bits per heavy atom. The lowest BCUT2D eigenvalue weighted by Gasteiger charge is -2.17. The van der Waals surface area contributed by atoms with E-state index in [1.165, 1.54) is 5.56 Å². The van der Waals surface area contributed by atoms with Crippen LogP contribution < -0.4 is 0 Å². The summed E-state index contributed by atoms with van der Waals surface area (Å²) in [7, 11) is 1.82. The Kier molecular flexibility index (Phi) is 4.53. The van der Waals surface area contributed by atoms with Gasteiger partial charge in [0, 0.05) is 24.8 Å². The third-order valence-corrected chi connectivity index (χ3v) is 4.65. The van der Waals surface area contributed by atoms with Gasteiger partial charge in [0.05, 0.1) is 28.1 Å². The topological polar surface area (TPSA) is 74.8 Å². The van der Waals surface area contributed by atoms with E-state index < -0.39 is 0 Å². The summed E-state index contributed by atoms with van der Waals surface area (Å²) in [6.07, 6.45) is 0.780. The molecular weight excluding hydrogens is 314 g/mol. The van der Waals surface area contributed by atoms with Gasteiger partial charge < -0.3 is 4.90 Å². The van der Waals surface area contributed by atoms with Gasteiger partial charge in [0.15, 0.2) is 0 Å². The molecule has 1 aromatic carbocycles. The van der Waals surface area contributed by atoms with E-state index in [4.69, 9.17) is 0 Å². The zero-order valence-electron chi connectivity index (χ0n) is 15.3. The zero-order valence-corrected chi connectivity index (χ0v) is 15.3. The Bertz CT molecular complexity index is 925. The highest BCUT2D eigenvalue weighted by molar-refractivity contribution is 5.97. The van der Waals surface area contributed by atoms with Crippen molar-refractivity contribution in [3.8, 4) is 0 Å². The van der Waals surface area contributed by atoms with Crippen LogP contribution in [0.2, 0.25) is 0 Å². The molecule has 0 aliphatic heterocycles. The molecule has 2 heterocycles. The normalized spacial score (nSPS) is 11.1. The Hall–Kier alpha value is -2.76. The minimum absolute atomic E-state index is 0.0132. The molecule has 0 saturated heterocycles. The Morgan fingerprint density at radius 3 is 2.36 bits per heavy atom. The summed E-state index contributed by atoms with van der Waals surface area (Å²) in [5.41, 5.74) is 7.22. The molecule has 0 saturated carbocycles. The second-order valence-electron chi connectivity index (χ2n) is 6.49. The quantitative estimate of drug-likeness (QED) is 0.794. The van der Waals surface area contributed by atoms with Crippen molar-refractivity contribution in [3.63, 3.8) is 0 Å². The number of H-pyrrole nitrogens is 1. The van der Waals surface area contributed by atoms with Crippen molar-refractivity contribution >= 4 is 16.9 Å². The van der Waals surface area contributed by atoms with E-state index >= 15 is 0 Å². The number of aromatic nitrogens is 4. The maximum absolute atomic E-state index is 12.7. The fourth-order valence-corrected chi connectivity index (χ4v) is 2.91.